The fraction of sp³-hybridized carbons (Fsp3) is 0.733. The molecule has 1 aliphatic rings. The summed E-state index contributed by atoms with van der Waals surface area (Å²) in [7, 11) is 0. The molecule has 1 rings (SSSR count). The molecule has 0 aromatic heterocycles. The van der Waals surface area contributed by atoms with Crippen molar-refractivity contribution in [3.63, 3.8) is 0 Å². The number of nitrogens with one attached hydrogen (secondary N) is 2. The SMILES string of the molecule is C#CCC(NC(=O)NCCC1CCC(C)CC1)C(=O)O. The van der Waals surface area contributed by atoms with E-state index in [0.717, 1.165) is 12.3 Å². The van der Waals surface area contributed by atoms with Crippen molar-refractivity contribution in [2.75, 3.05) is 6.54 Å². The van der Waals surface area contributed by atoms with Crippen molar-refractivity contribution in [3.05, 3.63) is 0 Å². The monoisotopic (exact) mass is 280 g/mol. The van der Waals surface area contributed by atoms with Crippen LogP contribution < -0.4 is 10.6 Å². The normalized spacial score (nSPS) is 23.4. The second kappa shape index (κ2) is 8.47. The second-order valence-corrected chi connectivity index (χ2v) is 5.61. The van der Waals surface area contributed by atoms with Gasteiger partial charge < -0.3 is 15.7 Å². The maximum absolute atomic E-state index is 11.6. The van der Waals surface area contributed by atoms with Gasteiger partial charge in [0.25, 0.3) is 0 Å². The van der Waals surface area contributed by atoms with E-state index in [2.05, 4.69) is 23.5 Å². The van der Waals surface area contributed by atoms with Crippen molar-refractivity contribution in [3.8, 4) is 12.3 Å². The number of carbonyl (C=O) groups excluding carboxylic acids is 1. The topological polar surface area (TPSA) is 78.4 Å². The molecule has 1 fully saturated rings. The van der Waals surface area contributed by atoms with Crippen LogP contribution in [0.3, 0.4) is 0 Å². The summed E-state index contributed by atoms with van der Waals surface area (Å²) < 4.78 is 0. The molecule has 5 heteroatoms. The molecule has 112 valence electrons. The number of terminal acetylenes is 1. The highest BCUT2D eigenvalue weighted by atomic mass is 16.4. The lowest BCUT2D eigenvalue weighted by Crippen LogP contribution is -2.46. The quantitative estimate of drug-likeness (QED) is 0.651. The van der Waals surface area contributed by atoms with Crippen molar-refractivity contribution in [1.29, 1.82) is 0 Å². The standard InChI is InChI=1S/C15H24N2O3/c1-3-4-13(14(18)19)17-15(20)16-10-9-12-7-5-11(2)6-8-12/h1,11-13H,4-10H2,2H3,(H,18,19)(H2,16,17,20). The number of carbonyl (C=O) groups is 2. The van der Waals surface area contributed by atoms with Crippen LogP contribution in [0.4, 0.5) is 4.79 Å². The molecule has 3 N–H and O–H groups in total. The first-order valence-electron chi connectivity index (χ1n) is 7.23. The Kier molecular flexibility index (Phi) is 6.92. The van der Waals surface area contributed by atoms with Gasteiger partial charge >= 0.3 is 12.0 Å². The van der Waals surface area contributed by atoms with Gasteiger partial charge in [0.1, 0.15) is 6.04 Å². The Morgan fingerprint density at radius 3 is 2.55 bits per heavy atom. The molecular formula is C15H24N2O3. The minimum Gasteiger partial charge on any atom is -0.480 e. The first kappa shape index (κ1) is 16.4. The van der Waals surface area contributed by atoms with E-state index in [1.54, 1.807) is 0 Å². The molecule has 5 nitrogen and oxygen atoms in total. The smallest absolute Gasteiger partial charge is 0.327 e. The molecule has 20 heavy (non-hydrogen) atoms. The van der Waals surface area contributed by atoms with Crippen LogP contribution in [0.15, 0.2) is 0 Å². The Morgan fingerprint density at radius 2 is 2.00 bits per heavy atom. The summed E-state index contributed by atoms with van der Waals surface area (Å²) in [5, 5.41) is 13.9. The van der Waals surface area contributed by atoms with Crippen LogP contribution in [0, 0.1) is 24.2 Å². The molecule has 2 amide bonds. The predicted octanol–water partition coefficient (Wildman–Crippen LogP) is 1.98. The van der Waals surface area contributed by atoms with Gasteiger partial charge in [-0.25, -0.2) is 9.59 Å². The average Bonchev–Trinajstić information content (AvgIpc) is 2.40. The summed E-state index contributed by atoms with van der Waals surface area (Å²) >= 11 is 0. The Balaban J connectivity index is 2.19. The van der Waals surface area contributed by atoms with E-state index in [1.165, 1.54) is 25.7 Å². The highest BCUT2D eigenvalue weighted by molar-refractivity contribution is 5.82. The van der Waals surface area contributed by atoms with Crippen LogP contribution in [0.5, 0.6) is 0 Å². The number of urea groups is 1. The summed E-state index contributed by atoms with van der Waals surface area (Å²) in [5.41, 5.74) is 0. The molecule has 0 aromatic carbocycles. The van der Waals surface area contributed by atoms with Crippen LogP contribution in [-0.4, -0.2) is 29.7 Å². The van der Waals surface area contributed by atoms with E-state index in [0.29, 0.717) is 12.5 Å². The molecule has 0 radical (unpaired) electrons. The van der Waals surface area contributed by atoms with Gasteiger partial charge in [-0.05, 0) is 18.3 Å². The van der Waals surface area contributed by atoms with Gasteiger partial charge in [0.05, 0.1) is 0 Å². The largest absolute Gasteiger partial charge is 0.480 e. The lowest BCUT2D eigenvalue weighted by molar-refractivity contribution is -0.139. The van der Waals surface area contributed by atoms with Crippen LogP contribution in [0.1, 0.15) is 45.4 Å². The average molecular weight is 280 g/mol. The third kappa shape index (κ3) is 5.96. The van der Waals surface area contributed by atoms with E-state index < -0.39 is 18.0 Å². The number of amides is 2. The Hall–Kier alpha value is -1.70. The molecule has 0 saturated heterocycles. The van der Waals surface area contributed by atoms with Crippen molar-refractivity contribution < 1.29 is 14.7 Å². The highest BCUT2D eigenvalue weighted by Crippen LogP contribution is 2.29. The number of carboxylic acid groups (broad SMARTS) is 1. The van der Waals surface area contributed by atoms with E-state index in [9.17, 15) is 9.59 Å². The molecule has 0 aromatic rings. The first-order chi connectivity index (χ1) is 9.52. The predicted molar refractivity (Wildman–Crippen MR) is 77.1 cm³/mol. The fourth-order valence-corrected chi connectivity index (χ4v) is 2.53. The molecular weight excluding hydrogens is 256 g/mol. The molecule has 1 atom stereocenters. The van der Waals surface area contributed by atoms with Gasteiger partial charge in [-0.1, -0.05) is 32.6 Å². The fourth-order valence-electron chi connectivity index (χ4n) is 2.53. The molecule has 0 heterocycles. The van der Waals surface area contributed by atoms with Crippen LogP contribution in [-0.2, 0) is 4.79 Å². The Labute approximate surface area is 120 Å². The number of carboxylic acids is 1. The number of hydrogen-bond donors (Lipinski definition) is 3. The molecule has 0 bridgehead atoms. The highest BCUT2D eigenvalue weighted by Gasteiger charge is 2.20. The van der Waals surface area contributed by atoms with Crippen molar-refractivity contribution in [2.24, 2.45) is 11.8 Å². The van der Waals surface area contributed by atoms with Gasteiger partial charge in [-0.3, -0.25) is 0 Å². The number of rotatable bonds is 6. The zero-order valence-electron chi connectivity index (χ0n) is 12.0. The minimum atomic E-state index is -1.11. The summed E-state index contributed by atoms with van der Waals surface area (Å²) in [4.78, 5) is 22.4. The first-order valence-corrected chi connectivity index (χ1v) is 7.23. The van der Waals surface area contributed by atoms with Crippen molar-refractivity contribution >= 4 is 12.0 Å². The van der Waals surface area contributed by atoms with Crippen LogP contribution in [0.2, 0.25) is 0 Å². The summed E-state index contributed by atoms with van der Waals surface area (Å²) in [6.07, 6.45) is 11.0. The molecule has 0 aliphatic heterocycles. The van der Waals surface area contributed by atoms with Crippen molar-refractivity contribution in [2.45, 2.75) is 51.5 Å². The Morgan fingerprint density at radius 1 is 1.35 bits per heavy atom. The number of hydrogen-bond acceptors (Lipinski definition) is 2. The summed E-state index contributed by atoms with van der Waals surface area (Å²) in [6.45, 7) is 2.85. The third-order valence-corrected chi connectivity index (χ3v) is 3.90. The number of aliphatic carboxylic acids is 1. The summed E-state index contributed by atoms with van der Waals surface area (Å²) in [6, 6.07) is -1.48. The molecule has 0 spiro atoms. The second-order valence-electron chi connectivity index (χ2n) is 5.61. The van der Waals surface area contributed by atoms with E-state index in [-0.39, 0.29) is 6.42 Å². The van der Waals surface area contributed by atoms with E-state index >= 15 is 0 Å². The Bertz CT molecular complexity index is 368. The molecule has 1 saturated carbocycles. The van der Waals surface area contributed by atoms with Crippen LogP contribution >= 0.6 is 0 Å². The van der Waals surface area contributed by atoms with Crippen molar-refractivity contribution in [1.82, 2.24) is 10.6 Å². The molecule has 1 unspecified atom stereocenters. The van der Waals surface area contributed by atoms with E-state index in [1.807, 2.05) is 0 Å². The van der Waals surface area contributed by atoms with Gasteiger partial charge in [0.2, 0.25) is 0 Å². The maximum atomic E-state index is 11.6. The van der Waals surface area contributed by atoms with Crippen LogP contribution in [0.25, 0.3) is 0 Å². The van der Waals surface area contributed by atoms with Gasteiger partial charge in [0, 0.05) is 13.0 Å². The van der Waals surface area contributed by atoms with Gasteiger partial charge in [0.15, 0.2) is 0 Å². The zero-order chi connectivity index (χ0) is 15.0. The third-order valence-electron chi connectivity index (χ3n) is 3.90. The van der Waals surface area contributed by atoms with Gasteiger partial charge in [-0.2, -0.15) is 0 Å². The minimum absolute atomic E-state index is 0.0106. The lowest BCUT2D eigenvalue weighted by atomic mass is 9.81. The maximum Gasteiger partial charge on any atom is 0.327 e. The summed E-state index contributed by atoms with van der Waals surface area (Å²) in [5.74, 6) is 2.63. The zero-order valence-corrected chi connectivity index (χ0v) is 12.0. The lowest BCUT2D eigenvalue weighted by Gasteiger charge is -2.26. The van der Waals surface area contributed by atoms with Gasteiger partial charge in [-0.15, -0.1) is 12.3 Å². The molecule has 1 aliphatic carbocycles. The van der Waals surface area contributed by atoms with E-state index in [4.69, 9.17) is 11.5 Å².